The summed E-state index contributed by atoms with van der Waals surface area (Å²) in [4.78, 5) is 2.25. The van der Waals surface area contributed by atoms with Gasteiger partial charge in [0.1, 0.15) is 5.75 Å². The first-order valence-electron chi connectivity index (χ1n) is 13.0. The zero-order chi connectivity index (χ0) is 25.9. The number of ether oxygens (including phenoxy) is 1. The molecule has 0 unspecified atom stereocenters. The largest absolute Gasteiger partial charge is 0.489 e. The van der Waals surface area contributed by atoms with Gasteiger partial charge >= 0.3 is 0 Å². The van der Waals surface area contributed by atoms with Crippen LogP contribution in [0.15, 0.2) is 36.4 Å². The van der Waals surface area contributed by atoms with Crippen LogP contribution in [0.25, 0.3) is 0 Å². The Labute approximate surface area is 228 Å². The third-order valence-electron chi connectivity index (χ3n) is 6.93. The van der Waals surface area contributed by atoms with Crippen LogP contribution in [-0.2, 0) is 6.54 Å². The number of rotatable bonds is 7. The van der Waals surface area contributed by atoms with Gasteiger partial charge in [-0.25, -0.2) is 0 Å². The van der Waals surface area contributed by atoms with Crippen molar-refractivity contribution >= 4 is 46.2 Å². The van der Waals surface area contributed by atoms with Crippen molar-refractivity contribution in [3.63, 3.8) is 0 Å². The molecule has 3 aromatic rings. The molecule has 0 bridgehead atoms. The van der Waals surface area contributed by atoms with E-state index in [9.17, 15) is 0 Å². The van der Waals surface area contributed by atoms with E-state index < -0.39 is 0 Å². The average molecular weight is 542 g/mol. The minimum Gasteiger partial charge on any atom is -0.489 e. The summed E-state index contributed by atoms with van der Waals surface area (Å²) in [6.07, 6.45) is 2.34. The van der Waals surface area contributed by atoms with E-state index in [1.165, 1.54) is 11.1 Å². The van der Waals surface area contributed by atoms with E-state index >= 15 is 0 Å². The molecule has 1 fully saturated rings. The van der Waals surface area contributed by atoms with Crippen molar-refractivity contribution in [2.24, 2.45) is 0 Å². The molecule has 0 saturated carbocycles. The topological polar surface area (TPSA) is 74.3 Å². The van der Waals surface area contributed by atoms with E-state index in [2.05, 4.69) is 64.0 Å². The highest BCUT2D eigenvalue weighted by molar-refractivity contribution is 6.33. The van der Waals surface area contributed by atoms with Gasteiger partial charge in [-0.3, -0.25) is 0 Å². The Hall–Kier alpha value is -2.74. The van der Waals surface area contributed by atoms with E-state index in [-0.39, 0.29) is 6.10 Å². The summed E-state index contributed by atoms with van der Waals surface area (Å²) in [7, 11) is 0. The molecule has 0 spiro atoms. The van der Waals surface area contributed by atoms with Crippen molar-refractivity contribution in [1.82, 2.24) is 15.5 Å². The third-order valence-corrected chi connectivity index (χ3v) is 7.53. The molecule has 37 heavy (non-hydrogen) atoms. The SMILES string of the molecule is Cc1cc(Nc2cc3c(nn2)NCCN3Cc2cc(Cl)ccc2Cl)c(OC(C)C)cc1C1CCNCC1. The molecule has 0 atom stereocenters. The Morgan fingerprint density at radius 3 is 2.68 bits per heavy atom. The molecule has 0 amide bonds. The number of piperidine rings is 1. The number of aryl methyl sites for hydroxylation is 1. The second-order valence-electron chi connectivity index (χ2n) is 10.1. The molecular weight excluding hydrogens is 507 g/mol. The summed E-state index contributed by atoms with van der Waals surface area (Å²) >= 11 is 12.7. The first-order chi connectivity index (χ1) is 17.9. The van der Waals surface area contributed by atoms with Gasteiger partial charge in [-0.05, 0) is 99.6 Å². The van der Waals surface area contributed by atoms with Crippen molar-refractivity contribution in [2.45, 2.75) is 52.2 Å². The molecule has 5 rings (SSSR count). The first-order valence-corrected chi connectivity index (χ1v) is 13.7. The summed E-state index contributed by atoms with van der Waals surface area (Å²) in [5.74, 6) is 2.80. The third kappa shape index (κ3) is 6.06. The fraction of sp³-hybridized carbons (Fsp3) is 0.429. The van der Waals surface area contributed by atoms with Crippen LogP contribution in [0.4, 0.5) is 23.0 Å². The number of hydrogen-bond donors (Lipinski definition) is 3. The number of hydrogen-bond acceptors (Lipinski definition) is 7. The molecule has 7 nitrogen and oxygen atoms in total. The molecule has 1 saturated heterocycles. The smallest absolute Gasteiger partial charge is 0.172 e. The number of nitrogens with zero attached hydrogens (tertiary/aromatic N) is 3. The molecule has 3 heterocycles. The molecule has 196 valence electrons. The van der Waals surface area contributed by atoms with E-state index in [1.807, 2.05) is 24.3 Å². The highest BCUT2D eigenvalue weighted by Gasteiger charge is 2.23. The van der Waals surface area contributed by atoms with Crippen LogP contribution in [0.5, 0.6) is 5.75 Å². The number of fused-ring (bicyclic) bond motifs is 1. The predicted molar refractivity (Wildman–Crippen MR) is 153 cm³/mol. The summed E-state index contributed by atoms with van der Waals surface area (Å²) in [6.45, 7) is 10.6. The van der Waals surface area contributed by atoms with Crippen molar-refractivity contribution in [3.05, 3.63) is 63.1 Å². The lowest BCUT2D eigenvalue weighted by atomic mass is 9.87. The Morgan fingerprint density at radius 1 is 1.08 bits per heavy atom. The molecule has 2 aliphatic rings. The van der Waals surface area contributed by atoms with Crippen LogP contribution in [0, 0.1) is 6.92 Å². The van der Waals surface area contributed by atoms with Gasteiger partial charge in [0.15, 0.2) is 11.6 Å². The molecule has 2 aliphatic heterocycles. The Bertz CT molecular complexity index is 1260. The van der Waals surface area contributed by atoms with Gasteiger partial charge in [0.05, 0.1) is 17.5 Å². The summed E-state index contributed by atoms with van der Waals surface area (Å²) in [6, 6.07) is 12.0. The highest BCUT2D eigenvalue weighted by Crippen LogP contribution is 2.38. The van der Waals surface area contributed by atoms with Gasteiger partial charge in [0, 0.05) is 35.7 Å². The Balaban J connectivity index is 1.44. The maximum atomic E-state index is 6.46. The van der Waals surface area contributed by atoms with Crippen molar-refractivity contribution < 1.29 is 4.74 Å². The standard InChI is InChI=1S/C28H34Cl2N6O/c1-17(2)37-26-14-22(19-6-8-31-9-7-19)18(3)12-24(26)33-27-15-25-28(35-34-27)32-10-11-36(25)16-20-13-21(29)4-5-23(20)30/h4-5,12-15,17,19,31H,6-11,16H2,1-3H3,(H,32,35)(H,33,34). The normalized spacial score (nSPS) is 15.9. The van der Waals surface area contributed by atoms with Crippen LogP contribution in [0.2, 0.25) is 10.0 Å². The van der Waals surface area contributed by atoms with Gasteiger partial charge in [0.2, 0.25) is 0 Å². The molecule has 0 aliphatic carbocycles. The minimum absolute atomic E-state index is 0.0564. The summed E-state index contributed by atoms with van der Waals surface area (Å²) < 4.78 is 6.26. The molecule has 3 N–H and O–H groups in total. The van der Waals surface area contributed by atoms with Crippen molar-refractivity contribution in [3.8, 4) is 5.75 Å². The maximum absolute atomic E-state index is 6.46. The molecule has 0 radical (unpaired) electrons. The van der Waals surface area contributed by atoms with Crippen molar-refractivity contribution in [2.75, 3.05) is 41.7 Å². The van der Waals surface area contributed by atoms with Gasteiger partial charge in [-0.15, -0.1) is 10.2 Å². The first kappa shape index (κ1) is 25.9. The zero-order valence-corrected chi connectivity index (χ0v) is 23.1. The van der Waals surface area contributed by atoms with Crippen molar-refractivity contribution in [1.29, 1.82) is 0 Å². The fourth-order valence-corrected chi connectivity index (χ4v) is 5.51. The van der Waals surface area contributed by atoms with E-state index in [0.29, 0.717) is 28.3 Å². The number of anilines is 4. The Kier molecular flexibility index (Phi) is 7.93. The lowest BCUT2D eigenvalue weighted by Crippen LogP contribution is -2.34. The quantitative estimate of drug-likeness (QED) is 0.314. The lowest BCUT2D eigenvalue weighted by molar-refractivity contribution is 0.243. The molecular formula is C28H34Cl2N6O. The monoisotopic (exact) mass is 540 g/mol. The second-order valence-corrected chi connectivity index (χ2v) is 10.9. The van der Waals surface area contributed by atoms with E-state index in [1.54, 1.807) is 0 Å². The predicted octanol–water partition coefficient (Wildman–Crippen LogP) is 6.52. The average Bonchev–Trinajstić information content (AvgIpc) is 2.88. The second kappa shape index (κ2) is 11.3. The van der Waals surface area contributed by atoms with Crippen LogP contribution >= 0.6 is 23.2 Å². The molecule has 2 aromatic carbocycles. The summed E-state index contributed by atoms with van der Waals surface area (Å²) in [5, 5.41) is 20.6. The van der Waals surface area contributed by atoms with Gasteiger partial charge in [-0.2, -0.15) is 0 Å². The fourth-order valence-electron chi connectivity index (χ4n) is 5.14. The zero-order valence-electron chi connectivity index (χ0n) is 21.6. The lowest BCUT2D eigenvalue weighted by Gasteiger charge is -2.31. The number of aromatic nitrogens is 2. The maximum Gasteiger partial charge on any atom is 0.172 e. The van der Waals surface area contributed by atoms with Crippen LogP contribution in [0.3, 0.4) is 0 Å². The van der Waals surface area contributed by atoms with E-state index in [4.69, 9.17) is 27.9 Å². The van der Waals surface area contributed by atoms with Crippen LogP contribution in [-0.4, -0.2) is 42.5 Å². The summed E-state index contributed by atoms with van der Waals surface area (Å²) in [5.41, 5.74) is 5.47. The number of nitrogens with one attached hydrogen (secondary N) is 3. The Morgan fingerprint density at radius 2 is 1.89 bits per heavy atom. The number of halogens is 2. The molecule has 1 aromatic heterocycles. The minimum atomic E-state index is 0.0564. The highest BCUT2D eigenvalue weighted by atomic mass is 35.5. The van der Waals surface area contributed by atoms with Gasteiger partial charge in [-0.1, -0.05) is 23.2 Å². The molecule has 9 heteroatoms. The van der Waals surface area contributed by atoms with Crippen LogP contribution < -0.4 is 25.6 Å². The van der Waals surface area contributed by atoms with Gasteiger partial charge < -0.3 is 25.6 Å². The van der Waals surface area contributed by atoms with E-state index in [0.717, 1.165) is 67.5 Å². The van der Waals surface area contributed by atoms with Crippen LogP contribution in [0.1, 0.15) is 49.3 Å². The van der Waals surface area contributed by atoms with Gasteiger partial charge in [0.25, 0.3) is 0 Å². The number of benzene rings is 2.